The number of benzene rings is 1. The summed E-state index contributed by atoms with van der Waals surface area (Å²) in [5.74, 6) is 0.259. The number of para-hydroxylation sites is 1. The van der Waals surface area contributed by atoms with Crippen LogP contribution in [0, 0.1) is 0 Å². The van der Waals surface area contributed by atoms with Crippen LogP contribution < -0.4 is 16.0 Å². The number of pyridine rings is 2. The van der Waals surface area contributed by atoms with Crippen molar-refractivity contribution in [3.63, 3.8) is 0 Å². The molecule has 4 aromatic rings. The number of carbonyl (C=O) groups is 1. The fourth-order valence-corrected chi connectivity index (χ4v) is 3.87. The highest BCUT2D eigenvalue weighted by atomic mass is 16.5. The second-order valence-corrected chi connectivity index (χ2v) is 8.02. The maximum Gasteiger partial charge on any atom is 0.248 e. The van der Waals surface area contributed by atoms with E-state index in [-0.39, 0.29) is 12.0 Å². The first-order chi connectivity index (χ1) is 17.2. The lowest BCUT2D eigenvalue weighted by atomic mass is 10.1. The van der Waals surface area contributed by atoms with Gasteiger partial charge in [-0.3, -0.25) is 14.8 Å². The van der Waals surface area contributed by atoms with Gasteiger partial charge in [0.2, 0.25) is 11.9 Å². The van der Waals surface area contributed by atoms with Crippen molar-refractivity contribution in [3.8, 4) is 11.3 Å². The quantitative estimate of drug-likeness (QED) is 0.365. The smallest absolute Gasteiger partial charge is 0.248 e. The third kappa shape index (κ3) is 5.32. The van der Waals surface area contributed by atoms with Crippen LogP contribution in [-0.4, -0.2) is 45.5 Å². The number of nitrogens with zero attached hydrogens (tertiary/aromatic N) is 4. The highest BCUT2D eigenvalue weighted by Gasteiger charge is 2.17. The summed E-state index contributed by atoms with van der Waals surface area (Å²) in [5, 5.41) is 10.3. The van der Waals surface area contributed by atoms with Gasteiger partial charge < -0.3 is 20.7 Å². The predicted molar refractivity (Wildman–Crippen MR) is 135 cm³/mol. The highest BCUT2D eigenvalue weighted by Crippen LogP contribution is 2.28. The number of rotatable bonds is 6. The van der Waals surface area contributed by atoms with E-state index in [0.29, 0.717) is 23.9 Å². The third-order valence-corrected chi connectivity index (χ3v) is 5.53. The van der Waals surface area contributed by atoms with Crippen LogP contribution >= 0.6 is 0 Å². The minimum Gasteiger partial charge on any atom is -0.369 e. The van der Waals surface area contributed by atoms with E-state index >= 15 is 0 Å². The van der Waals surface area contributed by atoms with Crippen LogP contribution in [0.25, 0.3) is 22.2 Å². The predicted octanol–water partition coefficient (Wildman–Crippen LogP) is 4.01. The van der Waals surface area contributed by atoms with E-state index in [1.807, 2.05) is 36.4 Å². The Kier molecular flexibility index (Phi) is 6.69. The molecule has 0 saturated carbocycles. The summed E-state index contributed by atoms with van der Waals surface area (Å²) in [4.78, 5) is 30.2. The molecule has 1 fully saturated rings. The Balaban J connectivity index is 1.40. The van der Waals surface area contributed by atoms with E-state index in [9.17, 15) is 4.79 Å². The zero-order valence-corrected chi connectivity index (χ0v) is 19.2. The average Bonchev–Trinajstić information content (AvgIpc) is 2.89. The van der Waals surface area contributed by atoms with E-state index < -0.39 is 0 Å². The molecule has 9 heteroatoms. The number of hydrogen-bond acceptors (Lipinski definition) is 8. The molecule has 4 heterocycles. The van der Waals surface area contributed by atoms with Crippen LogP contribution in [-0.2, 0) is 9.53 Å². The van der Waals surface area contributed by atoms with Crippen LogP contribution in [0.3, 0.4) is 0 Å². The van der Waals surface area contributed by atoms with Gasteiger partial charge >= 0.3 is 0 Å². The second-order valence-electron chi connectivity index (χ2n) is 8.02. The summed E-state index contributed by atoms with van der Waals surface area (Å²) in [6.45, 7) is 4.10. The number of nitrogens with one attached hydrogen (secondary N) is 3. The topological polar surface area (TPSA) is 114 Å². The van der Waals surface area contributed by atoms with Gasteiger partial charge in [0, 0.05) is 42.1 Å². The summed E-state index contributed by atoms with van der Waals surface area (Å²) in [6, 6.07) is 13.3. The maximum atomic E-state index is 11.9. The molecule has 1 unspecified atom stereocenters. The molecule has 1 saturated heterocycles. The molecule has 9 nitrogen and oxygen atoms in total. The van der Waals surface area contributed by atoms with Gasteiger partial charge in [0.05, 0.1) is 35.4 Å². The first kappa shape index (κ1) is 22.6. The zero-order valence-electron chi connectivity index (χ0n) is 19.2. The van der Waals surface area contributed by atoms with Gasteiger partial charge in [-0.25, -0.2) is 9.97 Å². The van der Waals surface area contributed by atoms with Gasteiger partial charge in [-0.2, -0.15) is 0 Å². The van der Waals surface area contributed by atoms with Crippen molar-refractivity contribution in [2.45, 2.75) is 13.0 Å². The lowest BCUT2D eigenvalue weighted by Crippen LogP contribution is -2.33. The first-order valence-corrected chi connectivity index (χ1v) is 11.4. The van der Waals surface area contributed by atoms with Gasteiger partial charge in [0.15, 0.2) is 0 Å². The molecule has 35 heavy (non-hydrogen) atoms. The molecule has 1 atom stereocenters. The van der Waals surface area contributed by atoms with Gasteiger partial charge in [0.1, 0.15) is 6.10 Å². The summed E-state index contributed by atoms with van der Waals surface area (Å²) >= 11 is 0. The number of allylic oxidation sites excluding steroid dienone is 1. The molecule has 0 bridgehead atoms. The lowest BCUT2D eigenvalue weighted by Gasteiger charge is -2.23. The van der Waals surface area contributed by atoms with Crippen LogP contribution in [0.1, 0.15) is 18.7 Å². The fraction of sp³-hybridized carbons (Fsp3) is 0.192. The van der Waals surface area contributed by atoms with E-state index in [2.05, 4.69) is 30.9 Å². The molecule has 1 aliphatic heterocycles. The normalized spacial score (nSPS) is 15.9. The molecule has 3 N–H and O–H groups in total. The molecule has 3 aromatic heterocycles. The standard InChI is InChI=1S/C26H25N7O2/c1-2-4-24(34)31-18-9-10-28-22(13-18)20-6-3-5-17-14-30-26(33-25(17)20)32-19-7-8-21(29-15-19)23-16-27-11-12-35-23/h2-10,13-15,23,27H,11-12,16H2,1H3,(H,28,31,34)(H,30,32,33)/b4-2-. The van der Waals surface area contributed by atoms with Crippen molar-refractivity contribution in [2.24, 2.45) is 0 Å². The molecular formula is C26H25N7O2. The minimum atomic E-state index is -0.192. The van der Waals surface area contributed by atoms with Crippen LogP contribution in [0.4, 0.5) is 17.3 Å². The monoisotopic (exact) mass is 467 g/mol. The van der Waals surface area contributed by atoms with Crippen LogP contribution in [0.5, 0.6) is 0 Å². The second kappa shape index (κ2) is 10.4. The molecule has 0 aliphatic carbocycles. The number of ether oxygens (including phenoxy) is 1. The van der Waals surface area contributed by atoms with Crippen molar-refractivity contribution >= 4 is 34.1 Å². The summed E-state index contributed by atoms with van der Waals surface area (Å²) < 4.78 is 5.76. The Morgan fingerprint density at radius 2 is 2.06 bits per heavy atom. The average molecular weight is 468 g/mol. The molecule has 1 aliphatic rings. The summed E-state index contributed by atoms with van der Waals surface area (Å²) in [7, 11) is 0. The van der Waals surface area contributed by atoms with Crippen molar-refractivity contribution < 1.29 is 9.53 Å². The van der Waals surface area contributed by atoms with Crippen molar-refractivity contribution in [1.82, 2.24) is 25.3 Å². The van der Waals surface area contributed by atoms with Gasteiger partial charge in [-0.15, -0.1) is 0 Å². The molecule has 0 spiro atoms. The van der Waals surface area contributed by atoms with Crippen molar-refractivity contribution in [2.75, 3.05) is 30.3 Å². The number of anilines is 3. The number of aromatic nitrogens is 4. The Bertz CT molecular complexity index is 1370. The lowest BCUT2D eigenvalue weighted by molar-refractivity contribution is -0.111. The number of amides is 1. The van der Waals surface area contributed by atoms with Crippen LogP contribution in [0.2, 0.25) is 0 Å². The maximum absolute atomic E-state index is 11.9. The fourth-order valence-electron chi connectivity index (χ4n) is 3.87. The van der Waals surface area contributed by atoms with E-state index in [0.717, 1.165) is 40.9 Å². The number of fused-ring (bicyclic) bond motifs is 1. The van der Waals surface area contributed by atoms with E-state index in [1.165, 1.54) is 6.08 Å². The largest absolute Gasteiger partial charge is 0.369 e. The van der Waals surface area contributed by atoms with E-state index in [1.54, 1.807) is 37.7 Å². The zero-order chi connectivity index (χ0) is 24.0. The van der Waals surface area contributed by atoms with Gasteiger partial charge in [-0.05, 0) is 37.3 Å². The Morgan fingerprint density at radius 1 is 1.11 bits per heavy atom. The minimum absolute atomic E-state index is 0.0386. The van der Waals surface area contributed by atoms with Crippen molar-refractivity contribution in [1.29, 1.82) is 0 Å². The number of hydrogen-bond donors (Lipinski definition) is 3. The number of morpholine rings is 1. The Morgan fingerprint density at radius 3 is 2.86 bits per heavy atom. The van der Waals surface area contributed by atoms with Crippen molar-refractivity contribution in [3.05, 3.63) is 78.9 Å². The summed E-state index contributed by atoms with van der Waals surface area (Å²) in [6.07, 6.45) is 8.32. The molecule has 1 amide bonds. The third-order valence-electron chi connectivity index (χ3n) is 5.53. The Labute approximate surface area is 202 Å². The molecule has 176 valence electrons. The SMILES string of the molecule is C/C=C\C(=O)Nc1ccnc(-c2cccc3cnc(Nc4ccc(C5CNCCO5)nc4)nc23)c1. The first-order valence-electron chi connectivity index (χ1n) is 11.4. The molecule has 0 radical (unpaired) electrons. The number of carbonyl (C=O) groups excluding carboxylic acids is 1. The Hall–Kier alpha value is -4.21. The highest BCUT2D eigenvalue weighted by molar-refractivity contribution is 6.00. The van der Waals surface area contributed by atoms with Gasteiger partial charge in [0.25, 0.3) is 0 Å². The van der Waals surface area contributed by atoms with Crippen LogP contribution in [0.15, 0.2) is 73.2 Å². The molecule has 5 rings (SSSR count). The molecular weight excluding hydrogens is 442 g/mol. The molecule has 1 aromatic carbocycles. The van der Waals surface area contributed by atoms with E-state index in [4.69, 9.17) is 9.72 Å². The van der Waals surface area contributed by atoms with Gasteiger partial charge in [-0.1, -0.05) is 24.3 Å². The summed E-state index contributed by atoms with van der Waals surface area (Å²) in [5.41, 5.74) is 4.61.